The number of carbonyl (C=O) groups excluding carboxylic acids is 1. The summed E-state index contributed by atoms with van der Waals surface area (Å²) in [6.45, 7) is 6.84. The molecule has 0 aliphatic carbocycles. The van der Waals surface area contributed by atoms with Crippen molar-refractivity contribution in [2.24, 2.45) is 0 Å². The summed E-state index contributed by atoms with van der Waals surface area (Å²) in [5.41, 5.74) is 4.54. The van der Waals surface area contributed by atoms with E-state index >= 15 is 0 Å². The molecule has 6 heteroatoms. The monoisotopic (exact) mass is 449 g/mol. The first-order valence-corrected chi connectivity index (χ1v) is 12.4. The molecule has 2 aromatic rings. The highest BCUT2D eigenvalue weighted by atomic mass is 16.5. The standard InChI is InChI=1S/C27H35N3O3/c31-24(19-29-13-10-22-6-2-3-7-23(22)18-29)20-30-14-15-33-26-16-21(8-9-25(26)27(30)32)17-28-11-4-1-5-12-28/h2-3,6-9,16,24,31H,1,4-5,10-15,17-20H2/t24-/m1/s1. The lowest BCUT2D eigenvalue weighted by Crippen LogP contribution is -2.44. The van der Waals surface area contributed by atoms with Gasteiger partial charge in [-0.25, -0.2) is 0 Å². The number of nitrogens with zero attached hydrogens (tertiary/aromatic N) is 3. The van der Waals surface area contributed by atoms with Crippen LogP contribution in [0.2, 0.25) is 0 Å². The average molecular weight is 450 g/mol. The Hall–Kier alpha value is -2.41. The predicted molar refractivity (Wildman–Crippen MR) is 128 cm³/mol. The summed E-state index contributed by atoms with van der Waals surface area (Å²) < 4.78 is 5.98. The first-order valence-electron chi connectivity index (χ1n) is 12.4. The zero-order valence-corrected chi connectivity index (χ0v) is 19.4. The lowest BCUT2D eigenvalue weighted by Gasteiger charge is -2.32. The molecule has 1 atom stereocenters. The molecule has 0 saturated carbocycles. The van der Waals surface area contributed by atoms with E-state index < -0.39 is 6.10 Å². The molecular formula is C27H35N3O3. The van der Waals surface area contributed by atoms with Gasteiger partial charge in [-0.1, -0.05) is 36.8 Å². The van der Waals surface area contributed by atoms with Gasteiger partial charge in [-0.2, -0.15) is 0 Å². The maximum absolute atomic E-state index is 13.2. The Morgan fingerprint density at radius 2 is 1.73 bits per heavy atom. The maximum atomic E-state index is 13.2. The molecule has 33 heavy (non-hydrogen) atoms. The van der Waals surface area contributed by atoms with Crippen molar-refractivity contribution in [1.82, 2.24) is 14.7 Å². The summed E-state index contributed by atoms with van der Waals surface area (Å²) in [6.07, 6.45) is 4.28. The highest BCUT2D eigenvalue weighted by Gasteiger charge is 2.27. The molecule has 6 nitrogen and oxygen atoms in total. The van der Waals surface area contributed by atoms with Crippen molar-refractivity contribution in [2.75, 3.05) is 45.9 Å². The fourth-order valence-corrected chi connectivity index (χ4v) is 5.37. The smallest absolute Gasteiger partial charge is 0.257 e. The van der Waals surface area contributed by atoms with E-state index in [1.165, 1.54) is 36.0 Å². The molecule has 1 fully saturated rings. The van der Waals surface area contributed by atoms with E-state index in [-0.39, 0.29) is 5.91 Å². The number of hydrogen-bond acceptors (Lipinski definition) is 5. The number of β-amino-alcohol motifs (C(OH)–C–C–N with tert-alkyl or cyclic N) is 1. The van der Waals surface area contributed by atoms with Crippen LogP contribution in [0.3, 0.4) is 0 Å². The topological polar surface area (TPSA) is 56.3 Å². The van der Waals surface area contributed by atoms with Crippen LogP contribution >= 0.6 is 0 Å². The second kappa shape index (κ2) is 10.2. The summed E-state index contributed by atoms with van der Waals surface area (Å²) in [5, 5.41) is 10.8. The van der Waals surface area contributed by atoms with Gasteiger partial charge in [0.2, 0.25) is 0 Å². The largest absolute Gasteiger partial charge is 0.491 e. The van der Waals surface area contributed by atoms with E-state index in [0.717, 1.165) is 39.1 Å². The van der Waals surface area contributed by atoms with E-state index in [9.17, 15) is 9.90 Å². The van der Waals surface area contributed by atoms with E-state index in [4.69, 9.17) is 4.74 Å². The van der Waals surface area contributed by atoms with Gasteiger partial charge in [-0.3, -0.25) is 14.6 Å². The number of carbonyl (C=O) groups is 1. The molecule has 1 N–H and O–H groups in total. The molecule has 0 aromatic heterocycles. The fraction of sp³-hybridized carbons (Fsp3) is 0.519. The van der Waals surface area contributed by atoms with Crippen molar-refractivity contribution in [3.05, 3.63) is 64.7 Å². The number of benzene rings is 2. The van der Waals surface area contributed by atoms with Crippen LogP contribution in [0.25, 0.3) is 0 Å². The lowest BCUT2D eigenvalue weighted by molar-refractivity contribution is 0.0501. The second-order valence-electron chi connectivity index (χ2n) is 9.67. The quantitative estimate of drug-likeness (QED) is 0.735. The van der Waals surface area contributed by atoms with Gasteiger partial charge in [0, 0.05) is 32.7 Å². The molecule has 0 bridgehead atoms. The summed E-state index contributed by atoms with van der Waals surface area (Å²) in [4.78, 5) is 19.8. The molecule has 1 amide bonds. The minimum atomic E-state index is -0.584. The summed E-state index contributed by atoms with van der Waals surface area (Å²) in [5.74, 6) is 0.634. The van der Waals surface area contributed by atoms with Crippen molar-refractivity contribution in [1.29, 1.82) is 0 Å². The molecule has 0 radical (unpaired) electrons. The van der Waals surface area contributed by atoms with Crippen LogP contribution in [-0.2, 0) is 19.5 Å². The Morgan fingerprint density at radius 3 is 2.58 bits per heavy atom. The van der Waals surface area contributed by atoms with Crippen molar-refractivity contribution < 1.29 is 14.6 Å². The van der Waals surface area contributed by atoms with Crippen LogP contribution in [0.1, 0.15) is 46.3 Å². The van der Waals surface area contributed by atoms with Gasteiger partial charge in [0.1, 0.15) is 12.4 Å². The van der Waals surface area contributed by atoms with Crippen LogP contribution in [0.5, 0.6) is 5.75 Å². The van der Waals surface area contributed by atoms with Crippen molar-refractivity contribution in [2.45, 2.75) is 44.9 Å². The third-order valence-corrected chi connectivity index (χ3v) is 7.15. The first kappa shape index (κ1) is 22.4. The lowest BCUT2D eigenvalue weighted by atomic mass is 10.00. The molecule has 0 spiro atoms. The highest BCUT2D eigenvalue weighted by molar-refractivity contribution is 5.97. The second-order valence-corrected chi connectivity index (χ2v) is 9.67. The SMILES string of the molecule is O=C1c2ccc(CN3CCCCC3)cc2OCCN1C[C@H](O)CN1CCc2ccccc2C1. The van der Waals surface area contributed by atoms with Crippen molar-refractivity contribution in [3.63, 3.8) is 0 Å². The minimum absolute atomic E-state index is 0.0462. The number of aliphatic hydroxyl groups is 1. The average Bonchev–Trinajstić information content (AvgIpc) is 2.98. The van der Waals surface area contributed by atoms with Gasteiger partial charge >= 0.3 is 0 Å². The Labute approximate surface area is 196 Å². The van der Waals surface area contributed by atoms with Crippen molar-refractivity contribution >= 4 is 5.91 Å². The maximum Gasteiger partial charge on any atom is 0.257 e. The number of amides is 1. The normalized spacial score (nSPS) is 20.5. The molecule has 3 aliphatic rings. The van der Waals surface area contributed by atoms with Gasteiger partial charge in [-0.15, -0.1) is 0 Å². The number of fused-ring (bicyclic) bond motifs is 2. The molecule has 0 unspecified atom stereocenters. The van der Waals surface area contributed by atoms with E-state index in [0.29, 0.717) is 37.6 Å². The summed E-state index contributed by atoms with van der Waals surface area (Å²) in [7, 11) is 0. The third kappa shape index (κ3) is 5.40. The Morgan fingerprint density at radius 1 is 0.909 bits per heavy atom. The number of aliphatic hydroxyl groups excluding tert-OH is 1. The summed E-state index contributed by atoms with van der Waals surface area (Å²) >= 11 is 0. The highest BCUT2D eigenvalue weighted by Crippen LogP contribution is 2.26. The van der Waals surface area contributed by atoms with Crippen LogP contribution in [-0.4, -0.2) is 77.7 Å². The van der Waals surface area contributed by atoms with Crippen LogP contribution < -0.4 is 4.74 Å². The van der Waals surface area contributed by atoms with E-state index in [1.54, 1.807) is 4.90 Å². The van der Waals surface area contributed by atoms with Gasteiger partial charge in [0.15, 0.2) is 0 Å². The zero-order chi connectivity index (χ0) is 22.6. The van der Waals surface area contributed by atoms with Gasteiger partial charge in [0.25, 0.3) is 5.91 Å². The minimum Gasteiger partial charge on any atom is -0.491 e. The Kier molecular flexibility index (Phi) is 6.95. The Bertz CT molecular complexity index is 973. The molecule has 1 saturated heterocycles. The molecule has 3 aliphatic heterocycles. The van der Waals surface area contributed by atoms with Crippen molar-refractivity contribution in [3.8, 4) is 5.75 Å². The fourth-order valence-electron chi connectivity index (χ4n) is 5.37. The first-order chi connectivity index (χ1) is 16.2. The number of ether oxygens (including phenoxy) is 1. The molecule has 2 aromatic carbocycles. The molecule has 176 valence electrons. The van der Waals surface area contributed by atoms with Gasteiger partial charge in [0.05, 0.1) is 18.2 Å². The van der Waals surface area contributed by atoms with E-state index in [1.807, 2.05) is 12.1 Å². The number of hydrogen-bond donors (Lipinski definition) is 1. The van der Waals surface area contributed by atoms with Crippen LogP contribution in [0, 0.1) is 0 Å². The Balaban J connectivity index is 1.19. The number of likely N-dealkylation sites (tertiary alicyclic amines) is 1. The van der Waals surface area contributed by atoms with Gasteiger partial charge < -0.3 is 14.7 Å². The summed E-state index contributed by atoms with van der Waals surface area (Å²) in [6, 6.07) is 14.5. The van der Waals surface area contributed by atoms with E-state index in [2.05, 4.69) is 40.1 Å². The number of piperidine rings is 1. The molecular weight excluding hydrogens is 414 g/mol. The molecule has 3 heterocycles. The van der Waals surface area contributed by atoms with Gasteiger partial charge in [-0.05, 0) is 61.2 Å². The van der Waals surface area contributed by atoms with Crippen LogP contribution in [0.15, 0.2) is 42.5 Å². The van der Waals surface area contributed by atoms with Crippen LogP contribution in [0.4, 0.5) is 0 Å². The molecule has 5 rings (SSSR count). The predicted octanol–water partition coefficient (Wildman–Crippen LogP) is 2.93. The third-order valence-electron chi connectivity index (χ3n) is 7.15. The zero-order valence-electron chi connectivity index (χ0n) is 19.4. The number of rotatable bonds is 6.